The van der Waals surface area contributed by atoms with Crippen molar-refractivity contribution in [1.29, 1.82) is 0 Å². The highest BCUT2D eigenvalue weighted by Gasteiger charge is 2.27. The van der Waals surface area contributed by atoms with E-state index in [2.05, 4.69) is 15.9 Å². The van der Waals surface area contributed by atoms with E-state index in [1.807, 2.05) is 24.3 Å². The highest BCUT2D eigenvalue weighted by molar-refractivity contribution is 9.10. The Labute approximate surface area is 128 Å². The lowest BCUT2D eigenvalue weighted by Gasteiger charge is -2.16. The van der Waals surface area contributed by atoms with Gasteiger partial charge in [-0.2, -0.15) is 0 Å². The smallest absolute Gasteiger partial charge is 0.309 e. The van der Waals surface area contributed by atoms with Gasteiger partial charge < -0.3 is 9.05 Å². The maximum Gasteiger partial charge on any atom is 0.338 e. The minimum Gasteiger partial charge on any atom is -0.309 e. The van der Waals surface area contributed by atoms with Crippen LogP contribution in [0.5, 0.6) is 0 Å². The second-order valence-corrected chi connectivity index (χ2v) is 7.24. The Bertz CT molecular complexity index is 463. The summed E-state index contributed by atoms with van der Waals surface area (Å²) in [4.78, 5) is 11.9. The number of carbonyl (C=O) groups excluding carboxylic acids is 1. The van der Waals surface area contributed by atoms with Gasteiger partial charge in [-0.15, -0.1) is 0 Å². The molecule has 0 unspecified atom stereocenters. The molecule has 4 nitrogen and oxygen atoms in total. The van der Waals surface area contributed by atoms with E-state index in [4.69, 9.17) is 9.05 Å². The van der Waals surface area contributed by atoms with Crippen molar-refractivity contribution in [2.24, 2.45) is 0 Å². The molecule has 1 rings (SSSR count). The fourth-order valence-corrected chi connectivity index (χ4v) is 3.65. The molecule has 0 amide bonds. The second kappa shape index (κ2) is 8.73. The first kappa shape index (κ1) is 17.6. The Hall–Kier alpha value is -0.480. The van der Waals surface area contributed by atoms with E-state index in [1.54, 1.807) is 13.8 Å². The summed E-state index contributed by atoms with van der Waals surface area (Å²) in [5.74, 6) is -0.0989. The number of hydrogen-bond donors (Lipinski definition) is 0. The van der Waals surface area contributed by atoms with Crippen molar-refractivity contribution in [1.82, 2.24) is 0 Å². The number of ketones is 1. The molecule has 0 N–H and O–H groups in total. The van der Waals surface area contributed by atoms with Crippen LogP contribution in [0, 0.1) is 0 Å². The normalized spacial score (nSPS) is 11.6. The lowest BCUT2D eigenvalue weighted by Crippen LogP contribution is -2.10. The first-order valence-corrected chi connectivity index (χ1v) is 9.15. The summed E-state index contributed by atoms with van der Waals surface area (Å²) >= 11 is 3.36. The molecular formula is C14H20BrO4P. The predicted octanol–water partition coefficient (Wildman–Crippen LogP) is 4.22. The molecule has 20 heavy (non-hydrogen) atoms. The third kappa shape index (κ3) is 6.31. The van der Waals surface area contributed by atoms with E-state index in [9.17, 15) is 9.36 Å². The van der Waals surface area contributed by atoms with E-state index in [-0.39, 0.29) is 25.2 Å². The van der Waals surface area contributed by atoms with Crippen LogP contribution >= 0.6 is 23.5 Å². The third-order valence-electron chi connectivity index (χ3n) is 2.63. The molecule has 0 aliphatic heterocycles. The molecule has 0 fully saturated rings. The van der Waals surface area contributed by atoms with Crippen LogP contribution in [0.4, 0.5) is 0 Å². The van der Waals surface area contributed by atoms with Crippen molar-refractivity contribution in [2.75, 3.05) is 19.4 Å². The van der Waals surface area contributed by atoms with Gasteiger partial charge in [0.05, 0.1) is 13.2 Å². The van der Waals surface area contributed by atoms with Crippen molar-refractivity contribution >= 4 is 29.3 Å². The first-order valence-electron chi connectivity index (χ1n) is 6.63. The van der Waals surface area contributed by atoms with E-state index < -0.39 is 7.60 Å². The van der Waals surface area contributed by atoms with Gasteiger partial charge in [-0.05, 0) is 38.0 Å². The molecule has 0 saturated heterocycles. The van der Waals surface area contributed by atoms with E-state index in [1.165, 1.54) is 0 Å². The van der Waals surface area contributed by atoms with Crippen LogP contribution in [0.1, 0.15) is 25.8 Å². The monoisotopic (exact) mass is 362 g/mol. The van der Waals surface area contributed by atoms with E-state index >= 15 is 0 Å². The zero-order valence-electron chi connectivity index (χ0n) is 11.8. The third-order valence-corrected chi connectivity index (χ3v) is 5.20. The molecule has 1 aromatic rings. The van der Waals surface area contributed by atoms with Crippen molar-refractivity contribution < 1.29 is 18.4 Å². The standard InChI is InChI=1S/C14H20BrO4P/c1-3-18-20(17,19-4-2)11-14(16)10-7-12-5-8-13(15)9-6-12/h5-6,8-9H,3-4,7,10-11H2,1-2H3. The first-order chi connectivity index (χ1) is 9.49. The fraction of sp³-hybridized carbons (Fsp3) is 0.500. The molecule has 0 aliphatic carbocycles. The van der Waals surface area contributed by atoms with Gasteiger partial charge in [-0.1, -0.05) is 28.1 Å². The second-order valence-electron chi connectivity index (χ2n) is 4.27. The summed E-state index contributed by atoms with van der Waals surface area (Å²) in [7, 11) is -3.26. The molecule has 0 saturated carbocycles. The maximum absolute atomic E-state index is 12.2. The number of carbonyl (C=O) groups is 1. The number of rotatable bonds is 9. The van der Waals surface area contributed by atoms with Crippen molar-refractivity contribution in [3.05, 3.63) is 34.3 Å². The number of hydrogen-bond acceptors (Lipinski definition) is 4. The van der Waals surface area contributed by atoms with Gasteiger partial charge in [0.1, 0.15) is 11.9 Å². The lowest BCUT2D eigenvalue weighted by atomic mass is 10.1. The summed E-state index contributed by atoms with van der Waals surface area (Å²) < 4.78 is 23.4. The molecule has 6 heteroatoms. The van der Waals surface area contributed by atoms with E-state index in [0.717, 1.165) is 10.0 Å². The van der Waals surface area contributed by atoms with Gasteiger partial charge in [-0.3, -0.25) is 9.36 Å². The zero-order chi connectivity index (χ0) is 15.0. The number of Topliss-reactive ketones (excluding diaryl/α,β-unsaturated/α-hetero) is 1. The molecule has 112 valence electrons. The molecule has 0 bridgehead atoms. The van der Waals surface area contributed by atoms with Crippen LogP contribution < -0.4 is 0 Å². The van der Waals surface area contributed by atoms with Crippen molar-refractivity contribution in [3.63, 3.8) is 0 Å². The average molecular weight is 363 g/mol. The van der Waals surface area contributed by atoms with Crippen LogP contribution in [-0.2, 0) is 24.8 Å². The Kier molecular flexibility index (Phi) is 7.67. The number of halogens is 1. The van der Waals surface area contributed by atoms with Crippen LogP contribution in [0.15, 0.2) is 28.7 Å². The average Bonchev–Trinajstić information content (AvgIpc) is 2.38. The lowest BCUT2D eigenvalue weighted by molar-refractivity contribution is -0.116. The quantitative estimate of drug-likeness (QED) is 0.617. The topological polar surface area (TPSA) is 52.6 Å². The predicted molar refractivity (Wildman–Crippen MR) is 83.2 cm³/mol. The molecule has 1 aromatic carbocycles. The molecule has 0 radical (unpaired) electrons. The van der Waals surface area contributed by atoms with Crippen LogP contribution in [0.2, 0.25) is 0 Å². The van der Waals surface area contributed by atoms with E-state index in [0.29, 0.717) is 12.8 Å². The van der Waals surface area contributed by atoms with Crippen LogP contribution in [0.3, 0.4) is 0 Å². The van der Waals surface area contributed by atoms with Gasteiger partial charge in [-0.25, -0.2) is 0 Å². The summed E-state index contributed by atoms with van der Waals surface area (Å²) in [5.41, 5.74) is 1.07. The Balaban J connectivity index is 2.49. The Morgan fingerprint density at radius 3 is 2.20 bits per heavy atom. The van der Waals surface area contributed by atoms with Gasteiger partial charge in [0.15, 0.2) is 0 Å². The van der Waals surface area contributed by atoms with Gasteiger partial charge in [0.25, 0.3) is 0 Å². The van der Waals surface area contributed by atoms with Crippen molar-refractivity contribution in [3.8, 4) is 0 Å². The Morgan fingerprint density at radius 1 is 1.15 bits per heavy atom. The molecule has 0 heterocycles. The molecule has 0 aromatic heterocycles. The maximum atomic E-state index is 12.2. The minimum atomic E-state index is -3.26. The summed E-state index contributed by atoms with van der Waals surface area (Å²) in [6, 6.07) is 7.79. The fourth-order valence-electron chi connectivity index (χ4n) is 1.75. The largest absolute Gasteiger partial charge is 0.338 e. The molecule has 0 aliphatic rings. The van der Waals surface area contributed by atoms with Gasteiger partial charge in [0.2, 0.25) is 0 Å². The Morgan fingerprint density at radius 2 is 1.70 bits per heavy atom. The zero-order valence-corrected chi connectivity index (χ0v) is 14.3. The SMILES string of the molecule is CCOP(=O)(CC(=O)CCc1ccc(Br)cc1)OCC. The van der Waals surface area contributed by atoms with Gasteiger partial charge >= 0.3 is 7.60 Å². The molecule has 0 spiro atoms. The van der Waals surface area contributed by atoms with Gasteiger partial charge in [0, 0.05) is 10.9 Å². The molecular weight excluding hydrogens is 343 g/mol. The summed E-state index contributed by atoms with van der Waals surface area (Å²) in [6.45, 7) is 4.02. The number of benzene rings is 1. The summed E-state index contributed by atoms with van der Waals surface area (Å²) in [6.07, 6.45) is 0.821. The van der Waals surface area contributed by atoms with Crippen LogP contribution in [-0.4, -0.2) is 25.2 Å². The van der Waals surface area contributed by atoms with Crippen LogP contribution in [0.25, 0.3) is 0 Å². The summed E-state index contributed by atoms with van der Waals surface area (Å²) in [5, 5.41) is 0. The number of aryl methyl sites for hydroxylation is 1. The minimum absolute atomic E-state index is 0.0989. The van der Waals surface area contributed by atoms with Crippen molar-refractivity contribution in [2.45, 2.75) is 26.7 Å². The molecule has 0 atom stereocenters. The highest BCUT2D eigenvalue weighted by atomic mass is 79.9. The highest BCUT2D eigenvalue weighted by Crippen LogP contribution is 2.47.